The molecular formula is C17H17BrN2O3. The fourth-order valence-corrected chi connectivity index (χ4v) is 2.03. The smallest absolute Gasteiger partial charge is 0.279 e. The van der Waals surface area contributed by atoms with E-state index in [9.17, 15) is 9.59 Å². The highest BCUT2D eigenvalue weighted by Gasteiger charge is 2.15. The Bertz CT molecular complexity index is 684. The third-order valence-electron chi connectivity index (χ3n) is 3.11. The molecule has 0 fully saturated rings. The number of halogens is 1. The van der Waals surface area contributed by atoms with Crippen molar-refractivity contribution in [2.45, 2.75) is 20.0 Å². The highest BCUT2D eigenvalue weighted by Crippen LogP contribution is 2.17. The molecule has 0 heterocycles. The Labute approximate surface area is 143 Å². The maximum Gasteiger partial charge on any atom is 0.279 e. The van der Waals surface area contributed by atoms with E-state index in [1.165, 1.54) is 0 Å². The SMILES string of the molecule is Cc1ccc(C(=O)NNC(=O)[C@H](C)Oc2ccc(Br)cc2)cc1. The number of hydrogen-bond acceptors (Lipinski definition) is 3. The van der Waals surface area contributed by atoms with Crippen LogP contribution in [0.1, 0.15) is 22.8 Å². The van der Waals surface area contributed by atoms with Crippen LogP contribution in [0.15, 0.2) is 53.0 Å². The van der Waals surface area contributed by atoms with Gasteiger partial charge in [-0.1, -0.05) is 33.6 Å². The van der Waals surface area contributed by atoms with E-state index in [0.717, 1.165) is 10.0 Å². The van der Waals surface area contributed by atoms with Gasteiger partial charge in [-0.05, 0) is 50.2 Å². The molecule has 0 radical (unpaired) electrons. The summed E-state index contributed by atoms with van der Waals surface area (Å²) in [5, 5.41) is 0. The summed E-state index contributed by atoms with van der Waals surface area (Å²) >= 11 is 3.33. The molecule has 0 aliphatic heterocycles. The predicted molar refractivity (Wildman–Crippen MR) is 91.0 cm³/mol. The van der Waals surface area contributed by atoms with Gasteiger partial charge >= 0.3 is 0 Å². The molecule has 2 N–H and O–H groups in total. The summed E-state index contributed by atoms with van der Waals surface area (Å²) in [5.41, 5.74) is 6.25. The average Bonchev–Trinajstić information content (AvgIpc) is 2.55. The first-order chi connectivity index (χ1) is 11.0. The predicted octanol–water partition coefficient (Wildman–Crippen LogP) is 2.99. The zero-order valence-electron chi connectivity index (χ0n) is 12.8. The van der Waals surface area contributed by atoms with Crippen LogP contribution < -0.4 is 15.6 Å². The first-order valence-corrected chi connectivity index (χ1v) is 7.84. The summed E-state index contributed by atoms with van der Waals surface area (Å²) in [6.07, 6.45) is -0.741. The van der Waals surface area contributed by atoms with Gasteiger partial charge in [0.15, 0.2) is 6.10 Å². The number of nitrogens with one attached hydrogen (secondary N) is 2. The Kier molecular flexibility index (Phi) is 5.76. The number of hydrazine groups is 1. The van der Waals surface area contributed by atoms with Gasteiger partial charge in [0.2, 0.25) is 0 Å². The van der Waals surface area contributed by atoms with E-state index < -0.39 is 12.0 Å². The molecule has 0 saturated heterocycles. The minimum atomic E-state index is -0.741. The lowest BCUT2D eigenvalue weighted by Crippen LogP contribution is -2.47. The van der Waals surface area contributed by atoms with Gasteiger partial charge in [0.05, 0.1) is 0 Å². The lowest BCUT2D eigenvalue weighted by atomic mass is 10.1. The lowest BCUT2D eigenvalue weighted by Gasteiger charge is -2.15. The van der Waals surface area contributed by atoms with Crippen molar-refractivity contribution in [3.05, 3.63) is 64.1 Å². The molecule has 1 atom stereocenters. The van der Waals surface area contributed by atoms with Crippen molar-refractivity contribution in [1.29, 1.82) is 0 Å². The first kappa shape index (κ1) is 17.0. The highest BCUT2D eigenvalue weighted by molar-refractivity contribution is 9.10. The van der Waals surface area contributed by atoms with Crippen molar-refractivity contribution in [3.63, 3.8) is 0 Å². The van der Waals surface area contributed by atoms with Gasteiger partial charge in [0.1, 0.15) is 5.75 Å². The number of amides is 2. The molecule has 5 nitrogen and oxygen atoms in total. The van der Waals surface area contributed by atoms with Crippen LogP contribution in [0.4, 0.5) is 0 Å². The van der Waals surface area contributed by atoms with Gasteiger partial charge in [0.25, 0.3) is 11.8 Å². The Morgan fingerprint density at radius 3 is 2.22 bits per heavy atom. The fraction of sp³-hybridized carbons (Fsp3) is 0.176. The summed E-state index contributed by atoms with van der Waals surface area (Å²) < 4.78 is 6.42. The summed E-state index contributed by atoms with van der Waals surface area (Å²) in [6, 6.07) is 14.2. The minimum Gasteiger partial charge on any atom is -0.481 e. The van der Waals surface area contributed by atoms with Gasteiger partial charge in [-0.15, -0.1) is 0 Å². The van der Waals surface area contributed by atoms with Crippen LogP contribution in [0.5, 0.6) is 5.75 Å². The molecule has 0 spiro atoms. The van der Waals surface area contributed by atoms with Gasteiger partial charge in [0, 0.05) is 10.0 Å². The van der Waals surface area contributed by atoms with E-state index in [0.29, 0.717) is 11.3 Å². The molecule has 0 aromatic heterocycles. The van der Waals surface area contributed by atoms with Crippen LogP contribution in [0.25, 0.3) is 0 Å². The Hall–Kier alpha value is -2.34. The standard InChI is InChI=1S/C17H17BrN2O3/c1-11-3-5-13(6-4-11)17(22)20-19-16(21)12(2)23-15-9-7-14(18)8-10-15/h3-10,12H,1-2H3,(H,19,21)(H,20,22)/t12-/m0/s1. The largest absolute Gasteiger partial charge is 0.481 e. The zero-order chi connectivity index (χ0) is 16.8. The van der Waals surface area contributed by atoms with Crippen LogP contribution in [-0.2, 0) is 4.79 Å². The second-order valence-electron chi connectivity index (χ2n) is 5.02. The second kappa shape index (κ2) is 7.78. The second-order valence-corrected chi connectivity index (χ2v) is 5.94. The summed E-state index contributed by atoms with van der Waals surface area (Å²) in [6.45, 7) is 3.54. The van der Waals surface area contributed by atoms with Crippen molar-refractivity contribution in [1.82, 2.24) is 10.9 Å². The molecule has 6 heteroatoms. The van der Waals surface area contributed by atoms with Crippen LogP contribution in [0.3, 0.4) is 0 Å². The third-order valence-corrected chi connectivity index (χ3v) is 3.64. The van der Waals surface area contributed by atoms with Crippen molar-refractivity contribution < 1.29 is 14.3 Å². The molecule has 0 unspecified atom stereocenters. The molecule has 120 valence electrons. The van der Waals surface area contributed by atoms with E-state index >= 15 is 0 Å². The molecule has 23 heavy (non-hydrogen) atoms. The minimum absolute atomic E-state index is 0.380. The number of carbonyl (C=O) groups excluding carboxylic acids is 2. The number of ether oxygens (including phenoxy) is 1. The quantitative estimate of drug-likeness (QED) is 0.806. The van der Waals surface area contributed by atoms with Crippen LogP contribution in [0, 0.1) is 6.92 Å². The monoisotopic (exact) mass is 376 g/mol. The molecular weight excluding hydrogens is 360 g/mol. The number of aryl methyl sites for hydroxylation is 1. The fourth-order valence-electron chi connectivity index (χ4n) is 1.77. The Balaban J connectivity index is 1.84. The molecule has 2 aromatic carbocycles. The van der Waals surface area contributed by atoms with E-state index in [4.69, 9.17) is 4.74 Å². The van der Waals surface area contributed by atoms with E-state index in [-0.39, 0.29) is 5.91 Å². The van der Waals surface area contributed by atoms with Gasteiger partial charge in [-0.25, -0.2) is 0 Å². The van der Waals surface area contributed by atoms with E-state index in [1.807, 2.05) is 31.2 Å². The third kappa shape index (κ3) is 5.10. The maximum atomic E-state index is 11.9. The van der Waals surface area contributed by atoms with Crippen molar-refractivity contribution in [2.75, 3.05) is 0 Å². The van der Waals surface area contributed by atoms with Crippen molar-refractivity contribution in [2.24, 2.45) is 0 Å². The van der Waals surface area contributed by atoms with Crippen LogP contribution >= 0.6 is 15.9 Å². The Morgan fingerprint density at radius 1 is 1.00 bits per heavy atom. The zero-order valence-corrected chi connectivity index (χ0v) is 14.4. The first-order valence-electron chi connectivity index (χ1n) is 7.05. The van der Waals surface area contributed by atoms with Gasteiger partial charge < -0.3 is 4.74 Å². The summed E-state index contributed by atoms with van der Waals surface area (Å²) in [7, 11) is 0. The number of hydrogen-bond donors (Lipinski definition) is 2. The number of carbonyl (C=O) groups is 2. The van der Waals surface area contributed by atoms with Gasteiger partial charge in [-0.2, -0.15) is 0 Å². The molecule has 2 rings (SSSR count). The molecule has 0 aliphatic rings. The molecule has 2 aromatic rings. The van der Waals surface area contributed by atoms with Crippen molar-refractivity contribution >= 4 is 27.7 Å². The lowest BCUT2D eigenvalue weighted by molar-refractivity contribution is -0.128. The average molecular weight is 377 g/mol. The highest BCUT2D eigenvalue weighted by atomic mass is 79.9. The number of benzene rings is 2. The van der Waals surface area contributed by atoms with E-state index in [1.54, 1.807) is 31.2 Å². The van der Waals surface area contributed by atoms with Crippen LogP contribution in [-0.4, -0.2) is 17.9 Å². The molecule has 0 bridgehead atoms. The van der Waals surface area contributed by atoms with Gasteiger partial charge in [-0.3, -0.25) is 20.4 Å². The number of rotatable bonds is 4. The summed E-state index contributed by atoms with van der Waals surface area (Å²) in [5.74, 6) is -0.247. The van der Waals surface area contributed by atoms with Crippen LogP contribution in [0.2, 0.25) is 0 Å². The summed E-state index contributed by atoms with van der Waals surface area (Å²) in [4.78, 5) is 23.9. The molecule has 0 saturated carbocycles. The topological polar surface area (TPSA) is 67.4 Å². The molecule has 2 amide bonds. The maximum absolute atomic E-state index is 11.9. The van der Waals surface area contributed by atoms with E-state index in [2.05, 4.69) is 26.8 Å². The van der Waals surface area contributed by atoms with Crippen molar-refractivity contribution in [3.8, 4) is 5.75 Å². The molecule has 0 aliphatic carbocycles. The Morgan fingerprint density at radius 2 is 1.61 bits per heavy atom. The normalized spacial score (nSPS) is 11.4.